The molecule has 2 fully saturated rings. The van der Waals surface area contributed by atoms with Crippen molar-refractivity contribution in [3.8, 4) is 0 Å². The summed E-state index contributed by atoms with van der Waals surface area (Å²) in [7, 11) is 0. The van der Waals surface area contributed by atoms with Gasteiger partial charge in [-0.1, -0.05) is 19.8 Å². The van der Waals surface area contributed by atoms with Crippen molar-refractivity contribution in [1.29, 1.82) is 0 Å². The van der Waals surface area contributed by atoms with Crippen molar-refractivity contribution < 1.29 is 0 Å². The molecule has 4 nitrogen and oxygen atoms in total. The number of hydrogen-bond acceptors (Lipinski definition) is 3. The van der Waals surface area contributed by atoms with E-state index in [9.17, 15) is 4.79 Å². The fourth-order valence-electron chi connectivity index (χ4n) is 2.87. The molecule has 0 bridgehead atoms. The van der Waals surface area contributed by atoms with Crippen LogP contribution in [0.2, 0.25) is 0 Å². The van der Waals surface area contributed by atoms with E-state index in [2.05, 4.69) is 22.2 Å². The lowest BCUT2D eigenvalue weighted by Gasteiger charge is -2.27. The summed E-state index contributed by atoms with van der Waals surface area (Å²) >= 11 is 0. The molecule has 3 rings (SSSR count). The van der Waals surface area contributed by atoms with Gasteiger partial charge in [-0.15, -0.1) is 0 Å². The van der Waals surface area contributed by atoms with E-state index in [4.69, 9.17) is 0 Å². The molecule has 0 spiro atoms. The van der Waals surface area contributed by atoms with Crippen molar-refractivity contribution in [3.05, 3.63) is 22.2 Å². The summed E-state index contributed by atoms with van der Waals surface area (Å²) in [4.78, 5) is 19.0. The quantitative estimate of drug-likeness (QED) is 0.863. The molecule has 0 saturated heterocycles. The van der Waals surface area contributed by atoms with Crippen LogP contribution in [0, 0.1) is 5.92 Å². The van der Waals surface area contributed by atoms with E-state index < -0.39 is 0 Å². The number of nitrogens with zero attached hydrogens (tertiary/aromatic N) is 1. The summed E-state index contributed by atoms with van der Waals surface area (Å²) in [6, 6.07) is 2.07. The predicted molar refractivity (Wildman–Crippen MR) is 71.9 cm³/mol. The standard InChI is InChI=1S/C14H21N3O/c1-9-3-2-4-11(7-9)15-12-8-13(18)17-14(16-12)10-5-6-10/h8-11H,2-7H2,1H3,(H2,15,16,17,18). The molecule has 98 valence electrons. The van der Waals surface area contributed by atoms with Crippen molar-refractivity contribution in [2.75, 3.05) is 5.32 Å². The molecular weight excluding hydrogens is 226 g/mol. The minimum atomic E-state index is -0.0294. The Bertz CT molecular complexity index is 478. The van der Waals surface area contributed by atoms with Gasteiger partial charge in [0.1, 0.15) is 11.6 Å². The van der Waals surface area contributed by atoms with Crippen LogP contribution in [0.3, 0.4) is 0 Å². The first-order chi connectivity index (χ1) is 8.70. The Hall–Kier alpha value is -1.32. The lowest BCUT2D eigenvalue weighted by molar-refractivity contribution is 0.358. The van der Waals surface area contributed by atoms with Crippen LogP contribution < -0.4 is 10.9 Å². The monoisotopic (exact) mass is 247 g/mol. The van der Waals surface area contributed by atoms with Gasteiger partial charge in [-0.3, -0.25) is 4.79 Å². The van der Waals surface area contributed by atoms with Crippen molar-refractivity contribution in [2.45, 2.75) is 57.4 Å². The average Bonchev–Trinajstić information content (AvgIpc) is 3.11. The van der Waals surface area contributed by atoms with E-state index in [1.54, 1.807) is 6.07 Å². The van der Waals surface area contributed by atoms with E-state index in [-0.39, 0.29) is 5.56 Å². The molecule has 0 aliphatic heterocycles. The third-order valence-electron chi connectivity index (χ3n) is 4.01. The van der Waals surface area contributed by atoms with Gasteiger partial charge in [0, 0.05) is 18.0 Å². The van der Waals surface area contributed by atoms with Gasteiger partial charge in [-0.05, 0) is 31.6 Å². The maximum absolute atomic E-state index is 11.6. The number of nitrogens with one attached hydrogen (secondary N) is 2. The number of anilines is 1. The van der Waals surface area contributed by atoms with Crippen LogP contribution in [0.4, 0.5) is 5.82 Å². The molecular formula is C14H21N3O. The third kappa shape index (κ3) is 2.74. The molecule has 1 aromatic rings. The molecule has 2 N–H and O–H groups in total. The highest BCUT2D eigenvalue weighted by molar-refractivity contribution is 5.35. The van der Waals surface area contributed by atoms with E-state index in [1.807, 2.05) is 0 Å². The van der Waals surface area contributed by atoms with Crippen LogP contribution in [-0.4, -0.2) is 16.0 Å². The van der Waals surface area contributed by atoms with Gasteiger partial charge in [0.25, 0.3) is 5.56 Å². The highest BCUT2D eigenvalue weighted by atomic mass is 16.1. The first-order valence-electron chi connectivity index (χ1n) is 7.08. The number of aromatic amines is 1. The Labute approximate surface area is 107 Å². The molecule has 1 aromatic heterocycles. The molecule has 18 heavy (non-hydrogen) atoms. The van der Waals surface area contributed by atoms with E-state index in [1.165, 1.54) is 25.7 Å². The highest BCUT2D eigenvalue weighted by Crippen LogP contribution is 2.37. The summed E-state index contributed by atoms with van der Waals surface area (Å²) in [5, 5.41) is 3.44. The van der Waals surface area contributed by atoms with Gasteiger partial charge < -0.3 is 10.3 Å². The minimum Gasteiger partial charge on any atom is -0.367 e. The highest BCUT2D eigenvalue weighted by Gasteiger charge is 2.27. The number of aromatic nitrogens is 2. The first-order valence-corrected chi connectivity index (χ1v) is 7.08. The van der Waals surface area contributed by atoms with Gasteiger partial charge in [0.05, 0.1) is 0 Å². The van der Waals surface area contributed by atoms with Gasteiger partial charge >= 0.3 is 0 Å². The topological polar surface area (TPSA) is 57.8 Å². The fourth-order valence-corrected chi connectivity index (χ4v) is 2.87. The summed E-state index contributed by atoms with van der Waals surface area (Å²) in [5.74, 6) is 2.90. The Morgan fingerprint density at radius 2 is 2.17 bits per heavy atom. The van der Waals surface area contributed by atoms with Crippen LogP contribution in [0.15, 0.2) is 10.9 Å². The van der Waals surface area contributed by atoms with Gasteiger partial charge in [-0.2, -0.15) is 0 Å². The van der Waals surface area contributed by atoms with E-state index >= 15 is 0 Å². The molecule has 2 aliphatic rings. The minimum absolute atomic E-state index is 0.0294. The van der Waals surface area contributed by atoms with Crippen LogP contribution >= 0.6 is 0 Å². The van der Waals surface area contributed by atoms with Gasteiger partial charge in [0.15, 0.2) is 0 Å². The molecule has 2 unspecified atom stereocenters. The summed E-state index contributed by atoms with van der Waals surface area (Å²) in [6.07, 6.45) is 7.30. The SMILES string of the molecule is CC1CCCC(Nc2cc(=O)[nH]c(C3CC3)n2)C1. The Morgan fingerprint density at radius 1 is 1.33 bits per heavy atom. The van der Waals surface area contributed by atoms with Crippen LogP contribution in [0.25, 0.3) is 0 Å². The maximum atomic E-state index is 11.6. The lowest BCUT2D eigenvalue weighted by Crippen LogP contribution is -2.27. The Balaban J connectivity index is 1.73. The summed E-state index contributed by atoms with van der Waals surface area (Å²) < 4.78 is 0. The number of rotatable bonds is 3. The van der Waals surface area contributed by atoms with Crippen LogP contribution in [0.5, 0.6) is 0 Å². The molecule has 4 heteroatoms. The largest absolute Gasteiger partial charge is 0.367 e. The second-order valence-electron chi connectivity index (χ2n) is 5.90. The molecule has 0 radical (unpaired) electrons. The average molecular weight is 247 g/mol. The van der Waals surface area contributed by atoms with Crippen LogP contribution in [-0.2, 0) is 0 Å². The second kappa shape index (κ2) is 4.75. The zero-order valence-electron chi connectivity index (χ0n) is 10.9. The van der Waals surface area contributed by atoms with E-state index in [0.29, 0.717) is 12.0 Å². The molecule has 2 atom stereocenters. The molecule has 1 heterocycles. The Morgan fingerprint density at radius 3 is 2.89 bits per heavy atom. The van der Waals surface area contributed by atoms with Gasteiger partial charge in [-0.25, -0.2) is 4.98 Å². The fraction of sp³-hybridized carbons (Fsp3) is 0.714. The molecule has 0 amide bonds. The van der Waals surface area contributed by atoms with E-state index in [0.717, 1.165) is 30.4 Å². The molecule has 2 saturated carbocycles. The second-order valence-corrected chi connectivity index (χ2v) is 5.90. The molecule has 2 aliphatic carbocycles. The zero-order chi connectivity index (χ0) is 12.5. The Kier molecular flexibility index (Phi) is 3.10. The van der Waals surface area contributed by atoms with Crippen molar-refractivity contribution in [1.82, 2.24) is 9.97 Å². The smallest absolute Gasteiger partial charge is 0.252 e. The first kappa shape index (κ1) is 11.8. The lowest BCUT2D eigenvalue weighted by atomic mass is 9.87. The van der Waals surface area contributed by atoms with Crippen molar-refractivity contribution >= 4 is 5.82 Å². The predicted octanol–water partition coefficient (Wildman–Crippen LogP) is 2.64. The zero-order valence-corrected chi connectivity index (χ0v) is 10.9. The molecule has 0 aromatic carbocycles. The summed E-state index contributed by atoms with van der Waals surface area (Å²) in [5.41, 5.74) is -0.0294. The normalized spacial score (nSPS) is 28.1. The number of H-pyrrole nitrogens is 1. The van der Waals surface area contributed by atoms with Gasteiger partial charge in [0.2, 0.25) is 0 Å². The third-order valence-corrected chi connectivity index (χ3v) is 4.01. The van der Waals surface area contributed by atoms with Crippen molar-refractivity contribution in [2.24, 2.45) is 5.92 Å². The maximum Gasteiger partial charge on any atom is 0.252 e. The van der Waals surface area contributed by atoms with Crippen LogP contribution in [0.1, 0.15) is 57.2 Å². The number of hydrogen-bond donors (Lipinski definition) is 2. The van der Waals surface area contributed by atoms with Crippen molar-refractivity contribution in [3.63, 3.8) is 0 Å². The summed E-state index contributed by atoms with van der Waals surface area (Å²) in [6.45, 7) is 2.30.